The molecule has 0 bridgehead atoms. The van der Waals surface area contributed by atoms with Gasteiger partial charge in [0.2, 0.25) is 0 Å². The third-order valence-corrected chi connectivity index (χ3v) is 8.26. The third kappa shape index (κ3) is 6.01. The van der Waals surface area contributed by atoms with Crippen LogP contribution in [-0.4, -0.2) is 66.3 Å². The number of ether oxygens (including phenoxy) is 1. The maximum atomic E-state index is 11.9. The van der Waals surface area contributed by atoms with Crippen LogP contribution in [0.1, 0.15) is 42.9 Å². The smallest absolute Gasteiger partial charge is 0.320 e. The highest BCUT2D eigenvalue weighted by molar-refractivity contribution is 5.71. The number of esters is 1. The molecule has 2 aliphatic rings. The summed E-state index contributed by atoms with van der Waals surface area (Å²) < 4.78 is 5.13. The van der Waals surface area contributed by atoms with E-state index in [-0.39, 0.29) is 5.97 Å². The van der Waals surface area contributed by atoms with E-state index in [1.54, 1.807) is 0 Å². The zero-order valence-corrected chi connectivity index (χ0v) is 22.9. The highest BCUT2D eigenvalue weighted by atomic mass is 16.5. The Morgan fingerprint density at radius 3 is 1.85 bits per heavy atom. The molecule has 1 unspecified atom stereocenters. The van der Waals surface area contributed by atoms with Gasteiger partial charge in [0.25, 0.3) is 0 Å². The first-order valence-electron chi connectivity index (χ1n) is 14.3. The molecule has 5 heteroatoms. The summed E-state index contributed by atoms with van der Waals surface area (Å²) in [6.45, 7) is 5.85. The lowest BCUT2D eigenvalue weighted by atomic mass is 9.74. The average Bonchev–Trinajstić information content (AvgIpc) is 2.98. The predicted molar refractivity (Wildman–Crippen MR) is 155 cm³/mol. The van der Waals surface area contributed by atoms with Gasteiger partial charge in [-0.05, 0) is 67.5 Å². The fourth-order valence-corrected chi connectivity index (χ4v) is 6.37. The highest BCUT2D eigenvalue weighted by Crippen LogP contribution is 2.44. The Bertz CT molecular complexity index is 1120. The summed E-state index contributed by atoms with van der Waals surface area (Å²) in [5, 5.41) is 11.2. The number of rotatable bonds is 8. The number of allylic oxidation sites excluding steroid dienone is 1. The van der Waals surface area contributed by atoms with Crippen LogP contribution in [0, 0.1) is 5.92 Å². The van der Waals surface area contributed by atoms with Gasteiger partial charge in [0.05, 0.1) is 24.8 Å². The quantitative estimate of drug-likeness (QED) is 0.248. The number of piperidine rings is 2. The van der Waals surface area contributed by atoms with Gasteiger partial charge in [-0.1, -0.05) is 97.1 Å². The van der Waals surface area contributed by atoms with E-state index in [9.17, 15) is 9.90 Å². The van der Waals surface area contributed by atoms with Crippen molar-refractivity contribution in [2.45, 2.75) is 37.8 Å². The molecular weight excluding hydrogens is 484 g/mol. The van der Waals surface area contributed by atoms with Crippen molar-refractivity contribution in [1.82, 2.24) is 9.80 Å². The van der Waals surface area contributed by atoms with E-state index >= 15 is 0 Å². The number of likely N-dealkylation sites (tertiary alicyclic amines) is 2. The summed E-state index contributed by atoms with van der Waals surface area (Å²) in [6.07, 6.45) is 4.57. The number of hydrogen-bond donors (Lipinski definition) is 1. The molecule has 2 heterocycles. The Labute approximate surface area is 232 Å². The van der Waals surface area contributed by atoms with Gasteiger partial charge in [-0.3, -0.25) is 14.6 Å². The van der Waals surface area contributed by atoms with Crippen LogP contribution in [0.2, 0.25) is 0 Å². The molecule has 0 spiro atoms. The molecule has 5 rings (SSSR count). The van der Waals surface area contributed by atoms with Crippen molar-refractivity contribution in [2.24, 2.45) is 5.92 Å². The van der Waals surface area contributed by atoms with Crippen molar-refractivity contribution in [2.75, 3.05) is 39.3 Å². The first-order valence-corrected chi connectivity index (χ1v) is 14.3. The lowest BCUT2D eigenvalue weighted by molar-refractivity contribution is -0.144. The number of aliphatic hydroxyl groups excluding tert-OH is 1. The van der Waals surface area contributed by atoms with E-state index in [0.29, 0.717) is 32.0 Å². The molecule has 2 saturated heterocycles. The van der Waals surface area contributed by atoms with Gasteiger partial charge in [0.15, 0.2) is 0 Å². The molecule has 39 heavy (non-hydrogen) atoms. The van der Waals surface area contributed by atoms with Crippen LogP contribution in [0.5, 0.6) is 0 Å². The van der Waals surface area contributed by atoms with Crippen molar-refractivity contribution in [3.05, 3.63) is 119 Å². The average molecular weight is 525 g/mol. The Kier molecular flexibility index (Phi) is 8.92. The summed E-state index contributed by atoms with van der Waals surface area (Å²) in [6, 6.07) is 32.3. The van der Waals surface area contributed by atoms with Gasteiger partial charge in [-0.25, -0.2) is 0 Å². The van der Waals surface area contributed by atoms with Gasteiger partial charge in [0, 0.05) is 13.1 Å². The van der Waals surface area contributed by atoms with E-state index < -0.39 is 11.6 Å². The molecule has 3 aromatic carbocycles. The number of hydrogen-bond acceptors (Lipinski definition) is 5. The summed E-state index contributed by atoms with van der Waals surface area (Å²) in [7, 11) is 0. The fraction of sp³-hybridized carbons (Fsp3) is 0.382. The van der Waals surface area contributed by atoms with E-state index in [1.807, 2.05) is 6.92 Å². The van der Waals surface area contributed by atoms with Crippen molar-refractivity contribution < 1.29 is 14.6 Å². The van der Waals surface area contributed by atoms with Crippen LogP contribution in [0.4, 0.5) is 0 Å². The molecule has 5 nitrogen and oxygen atoms in total. The lowest BCUT2D eigenvalue weighted by Crippen LogP contribution is -2.53. The first kappa shape index (κ1) is 27.3. The molecule has 0 aromatic heterocycles. The minimum Gasteiger partial charge on any atom is -0.465 e. The molecule has 1 N–H and O–H groups in total. The Morgan fingerprint density at radius 1 is 0.846 bits per heavy atom. The van der Waals surface area contributed by atoms with Gasteiger partial charge in [-0.15, -0.1) is 0 Å². The van der Waals surface area contributed by atoms with Crippen LogP contribution in [0.3, 0.4) is 0 Å². The normalized spacial score (nSPS) is 20.7. The zero-order valence-electron chi connectivity index (χ0n) is 22.9. The second-order valence-electron chi connectivity index (χ2n) is 10.7. The Balaban J connectivity index is 1.46. The molecular formula is C34H40N2O3. The summed E-state index contributed by atoms with van der Waals surface area (Å²) in [4.78, 5) is 16.7. The van der Waals surface area contributed by atoms with E-state index in [2.05, 4.69) is 107 Å². The predicted octanol–water partition coefficient (Wildman–Crippen LogP) is 5.25. The van der Waals surface area contributed by atoms with Crippen molar-refractivity contribution in [1.29, 1.82) is 0 Å². The van der Waals surface area contributed by atoms with Crippen LogP contribution < -0.4 is 0 Å². The molecule has 2 fully saturated rings. The molecule has 1 atom stereocenters. The molecule has 0 radical (unpaired) electrons. The van der Waals surface area contributed by atoms with Crippen molar-refractivity contribution >= 4 is 5.97 Å². The van der Waals surface area contributed by atoms with Gasteiger partial charge in [-0.2, -0.15) is 0 Å². The zero-order chi connectivity index (χ0) is 27.1. The minimum atomic E-state index is -0.480. The van der Waals surface area contributed by atoms with Gasteiger partial charge in [0.1, 0.15) is 0 Å². The van der Waals surface area contributed by atoms with E-state index in [1.165, 1.54) is 16.7 Å². The second-order valence-corrected chi connectivity index (χ2v) is 10.7. The van der Waals surface area contributed by atoms with Crippen molar-refractivity contribution in [3.8, 4) is 0 Å². The number of aliphatic hydroxyl groups is 1. The SMILES string of the molecule is CCOC(=O)CN1CCC(C=C2CN(C(c3ccccc3)(c3ccccc3)c3ccccc3)CCC2O)CC1. The second kappa shape index (κ2) is 12.7. The Hall–Kier alpha value is -3.25. The number of carbonyl (C=O) groups excluding carboxylic acids is 1. The van der Waals surface area contributed by atoms with Crippen LogP contribution in [0.25, 0.3) is 0 Å². The number of benzene rings is 3. The number of nitrogens with zero attached hydrogens (tertiary/aromatic N) is 2. The molecule has 0 amide bonds. The van der Waals surface area contributed by atoms with Gasteiger partial charge >= 0.3 is 5.97 Å². The topological polar surface area (TPSA) is 53.0 Å². The lowest BCUT2D eigenvalue weighted by Gasteiger charge is -2.48. The largest absolute Gasteiger partial charge is 0.465 e. The maximum absolute atomic E-state index is 11.9. The van der Waals surface area contributed by atoms with E-state index in [0.717, 1.165) is 38.0 Å². The minimum absolute atomic E-state index is 0.147. The molecule has 2 aliphatic heterocycles. The van der Waals surface area contributed by atoms with E-state index in [4.69, 9.17) is 4.74 Å². The highest BCUT2D eigenvalue weighted by Gasteiger charge is 2.44. The summed E-state index contributed by atoms with van der Waals surface area (Å²) >= 11 is 0. The van der Waals surface area contributed by atoms with Gasteiger partial charge < -0.3 is 9.84 Å². The summed E-state index contributed by atoms with van der Waals surface area (Å²) in [5.41, 5.74) is 4.31. The molecule has 0 aliphatic carbocycles. The van der Waals surface area contributed by atoms with Crippen LogP contribution in [-0.2, 0) is 15.1 Å². The third-order valence-electron chi connectivity index (χ3n) is 8.26. The molecule has 0 saturated carbocycles. The van der Waals surface area contributed by atoms with Crippen LogP contribution in [0.15, 0.2) is 103 Å². The van der Waals surface area contributed by atoms with Crippen LogP contribution >= 0.6 is 0 Å². The Morgan fingerprint density at radius 2 is 1.36 bits per heavy atom. The van der Waals surface area contributed by atoms with Crippen molar-refractivity contribution in [3.63, 3.8) is 0 Å². The summed E-state index contributed by atoms with van der Waals surface area (Å²) in [5.74, 6) is 0.249. The maximum Gasteiger partial charge on any atom is 0.320 e. The molecule has 3 aromatic rings. The molecule has 204 valence electrons. The monoisotopic (exact) mass is 524 g/mol. The number of carbonyl (C=O) groups is 1. The fourth-order valence-electron chi connectivity index (χ4n) is 6.37. The first-order chi connectivity index (χ1) is 19.1. The standard InChI is InChI=1S/C34H40N2O3/c1-2-39-33(38)26-35-21-18-27(19-22-35)24-28-25-36(23-20-32(28)37)34(29-12-6-3-7-13-29,30-14-8-4-9-15-30)31-16-10-5-11-17-31/h3-17,24,27,32,37H,2,18-23,25-26H2,1H3.